The molecule has 0 radical (unpaired) electrons. The highest BCUT2D eigenvalue weighted by Crippen LogP contribution is 2.38. The Morgan fingerprint density at radius 2 is 2.15 bits per heavy atom. The van der Waals surface area contributed by atoms with E-state index in [1.54, 1.807) is 16.8 Å². The van der Waals surface area contributed by atoms with Crippen molar-refractivity contribution in [3.63, 3.8) is 0 Å². The Labute approximate surface area is 114 Å². The van der Waals surface area contributed by atoms with Gasteiger partial charge in [0.15, 0.2) is 0 Å². The fourth-order valence-electron chi connectivity index (χ4n) is 2.53. The van der Waals surface area contributed by atoms with Crippen LogP contribution in [-0.4, -0.2) is 54.8 Å². The Bertz CT molecular complexity index is 625. The lowest BCUT2D eigenvalue weighted by molar-refractivity contribution is -0.148. The summed E-state index contributed by atoms with van der Waals surface area (Å²) in [5, 5.41) is 29.4. The molecule has 3 rings (SSSR count). The van der Waals surface area contributed by atoms with Crippen molar-refractivity contribution < 1.29 is 20.1 Å². The molecule has 2 aromatic rings. The van der Waals surface area contributed by atoms with E-state index in [1.807, 2.05) is 0 Å². The van der Waals surface area contributed by atoms with Gasteiger partial charge >= 0.3 is 0 Å². The number of rotatable bonds is 3. The molecule has 0 bridgehead atoms. The van der Waals surface area contributed by atoms with Gasteiger partial charge in [-0.05, 0) is 6.07 Å². The molecular formula is C12H16N4O4. The van der Waals surface area contributed by atoms with Gasteiger partial charge < -0.3 is 30.4 Å². The van der Waals surface area contributed by atoms with Gasteiger partial charge in [-0.2, -0.15) is 0 Å². The average molecular weight is 280 g/mol. The van der Waals surface area contributed by atoms with Gasteiger partial charge in [0, 0.05) is 12.6 Å². The predicted molar refractivity (Wildman–Crippen MR) is 69.6 cm³/mol. The normalized spacial score (nSPS) is 25.4. The number of anilines is 1. The van der Waals surface area contributed by atoms with Crippen molar-refractivity contribution >= 4 is 16.9 Å². The molecular weight excluding hydrogens is 264 g/mol. The summed E-state index contributed by atoms with van der Waals surface area (Å²) < 4.78 is 7.38. The molecule has 20 heavy (non-hydrogen) atoms. The summed E-state index contributed by atoms with van der Waals surface area (Å²) in [7, 11) is 0. The summed E-state index contributed by atoms with van der Waals surface area (Å²) in [6.07, 6.45) is 1.84. The van der Waals surface area contributed by atoms with Crippen molar-refractivity contribution in [2.24, 2.45) is 0 Å². The number of aromatic nitrogens is 3. The van der Waals surface area contributed by atoms with E-state index in [0.717, 1.165) is 0 Å². The van der Waals surface area contributed by atoms with Crippen molar-refractivity contribution in [3.05, 3.63) is 18.6 Å². The third-order valence-electron chi connectivity index (χ3n) is 3.79. The maximum atomic E-state index is 10.0. The summed E-state index contributed by atoms with van der Waals surface area (Å²) >= 11 is 0. The zero-order valence-corrected chi connectivity index (χ0v) is 10.7. The van der Waals surface area contributed by atoms with Gasteiger partial charge in [0.2, 0.25) is 0 Å². The van der Waals surface area contributed by atoms with Gasteiger partial charge in [-0.25, -0.2) is 9.97 Å². The monoisotopic (exact) mass is 280 g/mol. The zero-order chi connectivity index (χ0) is 14.3. The minimum absolute atomic E-state index is 0.245. The molecule has 5 N–H and O–H groups in total. The van der Waals surface area contributed by atoms with Crippen molar-refractivity contribution in [1.82, 2.24) is 14.5 Å². The number of nitrogens with zero attached hydrogens (tertiary/aromatic N) is 3. The molecule has 1 aliphatic heterocycles. The lowest BCUT2D eigenvalue weighted by Gasteiger charge is -2.27. The van der Waals surface area contributed by atoms with Gasteiger partial charge in [0.25, 0.3) is 0 Å². The molecule has 0 saturated carbocycles. The number of nitrogen functional groups attached to an aromatic ring is 1. The highest BCUT2D eigenvalue weighted by Gasteiger charge is 2.48. The summed E-state index contributed by atoms with van der Waals surface area (Å²) in [5.41, 5.74) is 5.00. The molecule has 0 spiro atoms. The molecule has 0 unspecified atom stereocenters. The first-order chi connectivity index (χ1) is 9.61. The second-order valence-corrected chi connectivity index (χ2v) is 4.92. The zero-order valence-electron chi connectivity index (χ0n) is 10.7. The number of hydrogen-bond donors (Lipinski definition) is 4. The van der Waals surface area contributed by atoms with Crippen LogP contribution < -0.4 is 5.73 Å². The predicted octanol–water partition coefficient (Wildman–Crippen LogP) is -0.983. The van der Waals surface area contributed by atoms with Crippen molar-refractivity contribution in [1.29, 1.82) is 0 Å². The number of fused-ring (bicyclic) bond motifs is 1. The van der Waals surface area contributed by atoms with Crippen molar-refractivity contribution in [3.8, 4) is 0 Å². The van der Waals surface area contributed by atoms with Crippen molar-refractivity contribution in [2.45, 2.75) is 24.4 Å². The number of hydrogen-bond acceptors (Lipinski definition) is 7. The largest absolute Gasteiger partial charge is 0.393 e. The van der Waals surface area contributed by atoms with Crippen LogP contribution in [0.1, 0.15) is 12.6 Å². The van der Waals surface area contributed by atoms with E-state index in [4.69, 9.17) is 10.5 Å². The van der Waals surface area contributed by atoms with Crippen LogP contribution in [0.25, 0.3) is 11.0 Å². The van der Waals surface area contributed by atoms with E-state index in [1.165, 1.54) is 6.33 Å². The average Bonchev–Trinajstić information content (AvgIpc) is 3.01. The molecule has 0 aliphatic carbocycles. The minimum atomic E-state index is -1.35. The van der Waals surface area contributed by atoms with Crippen LogP contribution in [0.2, 0.25) is 0 Å². The molecule has 3 heterocycles. The number of aliphatic hydroxyl groups excluding tert-OH is 3. The van der Waals surface area contributed by atoms with Gasteiger partial charge in [0.05, 0.1) is 24.7 Å². The number of ether oxygens (including phenoxy) is 1. The maximum absolute atomic E-state index is 10.0. The molecule has 0 amide bonds. The SMILES string of the molecule is Nc1ncnc2c1ccn2[C@H]1C[C@H](O)C(CO)(CO)O1. The molecule has 1 fully saturated rings. The third kappa shape index (κ3) is 1.77. The van der Waals surface area contributed by atoms with Crippen LogP contribution in [0.15, 0.2) is 18.6 Å². The van der Waals surface area contributed by atoms with Crippen LogP contribution in [0.3, 0.4) is 0 Å². The topological polar surface area (TPSA) is 127 Å². The lowest BCUT2D eigenvalue weighted by atomic mass is 9.99. The van der Waals surface area contributed by atoms with E-state index >= 15 is 0 Å². The smallest absolute Gasteiger partial charge is 0.147 e. The maximum Gasteiger partial charge on any atom is 0.147 e. The van der Waals surface area contributed by atoms with Gasteiger partial charge in [-0.1, -0.05) is 0 Å². The Morgan fingerprint density at radius 1 is 1.40 bits per heavy atom. The van der Waals surface area contributed by atoms with Gasteiger partial charge in [0.1, 0.15) is 29.6 Å². The Balaban J connectivity index is 1.99. The molecule has 0 aromatic carbocycles. The van der Waals surface area contributed by atoms with Crippen LogP contribution >= 0.6 is 0 Å². The van der Waals surface area contributed by atoms with Crippen LogP contribution in [-0.2, 0) is 4.74 Å². The fraction of sp³-hybridized carbons (Fsp3) is 0.500. The fourth-order valence-corrected chi connectivity index (χ4v) is 2.53. The molecule has 1 aliphatic rings. The summed E-state index contributed by atoms with van der Waals surface area (Å²) in [6.45, 7) is -0.922. The Hall–Kier alpha value is -1.74. The van der Waals surface area contributed by atoms with E-state index in [0.29, 0.717) is 16.9 Å². The quantitative estimate of drug-likeness (QED) is 0.569. The number of nitrogens with two attached hydrogens (primary N) is 1. The minimum Gasteiger partial charge on any atom is -0.393 e. The molecule has 2 atom stereocenters. The Kier molecular flexibility index (Phi) is 3.09. The first kappa shape index (κ1) is 13.3. The highest BCUT2D eigenvalue weighted by atomic mass is 16.6. The molecule has 1 saturated heterocycles. The molecule has 2 aromatic heterocycles. The van der Waals surface area contributed by atoms with Crippen LogP contribution in [0.5, 0.6) is 0 Å². The standard InChI is InChI=1S/C12H16N4O4/c13-10-7-1-2-16(11(7)15-6-14-10)9-3-8(19)12(4-17,5-18)20-9/h1-2,6,8-9,17-19H,3-5H2,(H2,13,14,15)/t8-,9+/m0/s1. The molecule has 108 valence electrons. The van der Waals surface area contributed by atoms with Crippen LogP contribution in [0.4, 0.5) is 5.82 Å². The van der Waals surface area contributed by atoms with E-state index in [2.05, 4.69) is 9.97 Å². The van der Waals surface area contributed by atoms with Crippen LogP contribution in [0, 0.1) is 0 Å². The molecule has 8 heteroatoms. The second kappa shape index (κ2) is 4.67. The van der Waals surface area contributed by atoms with E-state index in [9.17, 15) is 15.3 Å². The van der Waals surface area contributed by atoms with Gasteiger partial charge in [-0.3, -0.25) is 0 Å². The lowest BCUT2D eigenvalue weighted by Crippen LogP contribution is -2.46. The summed E-state index contributed by atoms with van der Waals surface area (Å²) in [4.78, 5) is 8.06. The first-order valence-electron chi connectivity index (χ1n) is 6.26. The van der Waals surface area contributed by atoms with Gasteiger partial charge in [-0.15, -0.1) is 0 Å². The second-order valence-electron chi connectivity index (χ2n) is 4.92. The van der Waals surface area contributed by atoms with E-state index < -0.39 is 31.1 Å². The molecule has 8 nitrogen and oxygen atoms in total. The van der Waals surface area contributed by atoms with E-state index in [-0.39, 0.29) is 6.42 Å². The van der Waals surface area contributed by atoms with Crippen molar-refractivity contribution in [2.75, 3.05) is 18.9 Å². The first-order valence-corrected chi connectivity index (χ1v) is 6.26. The summed E-state index contributed by atoms with van der Waals surface area (Å²) in [6, 6.07) is 1.76. The third-order valence-corrected chi connectivity index (χ3v) is 3.79. The number of aliphatic hydroxyl groups is 3. The highest BCUT2D eigenvalue weighted by molar-refractivity contribution is 5.86. The summed E-state index contributed by atoms with van der Waals surface area (Å²) in [5.74, 6) is 0.364. The Morgan fingerprint density at radius 3 is 2.80 bits per heavy atom.